The lowest BCUT2D eigenvalue weighted by molar-refractivity contribution is -0.0206. The van der Waals surface area contributed by atoms with Crippen molar-refractivity contribution in [2.24, 2.45) is 5.92 Å². The van der Waals surface area contributed by atoms with Crippen LogP contribution in [0, 0.1) is 5.92 Å². The van der Waals surface area contributed by atoms with Crippen molar-refractivity contribution in [2.45, 2.75) is 24.7 Å². The van der Waals surface area contributed by atoms with Crippen LogP contribution in [0.1, 0.15) is 6.42 Å². The second-order valence-corrected chi connectivity index (χ2v) is 8.01. The molecule has 0 aliphatic heterocycles. The Kier molecular flexibility index (Phi) is 7.94. The molecule has 0 amide bonds. The molecule has 2 unspecified atom stereocenters. The molecule has 1 fully saturated rings. The molecule has 0 aromatic carbocycles. The van der Waals surface area contributed by atoms with E-state index in [1.165, 1.54) is 7.11 Å². The lowest BCUT2D eigenvalue weighted by Crippen LogP contribution is -2.47. The van der Waals surface area contributed by atoms with Crippen LogP contribution in [-0.4, -0.2) is 63.2 Å². The van der Waals surface area contributed by atoms with Gasteiger partial charge in [0.2, 0.25) is 0 Å². The van der Waals surface area contributed by atoms with Gasteiger partial charge in [0, 0.05) is 34.3 Å². The number of methoxy groups -OCH3 is 2. The minimum atomic E-state index is -3.28. The van der Waals surface area contributed by atoms with E-state index in [2.05, 4.69) is 10.6 Å². The van der Waals surface area contributed by atoms with Gasteiger partial charge in [0.1, 0.15) is 12.2 Å². The molecule has 5 atom stereocenters. The van der Waals surface area contributed by atoms with E-state index in [9.17, 15) is 4.89 Å². The first-order chi connectivity index (χ1) is 9.88. The molecule has 0 aromatic rings. The molecule has 0 radical (unpaired) electrons. The summed E-state index contributed by atoms with van der Waals surface area (Å²) in [4.78, 5) is 9.92. The van der Waals surface area contributed by atoms with Crippen molar-refractivity contribution in [1.82, 2.24) is 10.6 Å². The first-order valence-electron chi connectivity index (χ1n) is 6.45. The van der Waals surface area contributed by atoms with Crippen LogP contribution in [-0.2, 0) is 30.3 Å². The van der Waals surface area contributed by atoms with Gasteiger partial charge in [-0.25, -0.2) is 0 Å². The van der Waals surface area contributed by atoms with E-state index in [-0.39, 0.29) is 18.1 Å². The summed E-state index contributed by atoms with van der Waals surface area (Å²) in [6.07, 6.45) is -0.0262. The first-order valence-corrected chi connectivity index (χ1v) is 9.45. The lowest BCUT2D eigenvalue weighted by atomic mass is 10.1. The summed E-state index contributed by atoms with van der Waals surface area (Å²) in [5.74, 6) is 0.0155. The quantitative estimate of drug-likeness (QED) is 0.442. The van der Waals surface area contributed by atoms with Crippen molar-refractivity contribution in [2.75, 3.05) is 35.0 Å². The lowest BCUT2D eigenvalue weighted by Gasteiger charge is -2.28. The molecule has 1 saturated carbocycles. The van der Waals surface area contributed by atoms with Gasteiger partial charge in [-0.05, 0) is 30.4 Å². The van der Waals surface area contributed by atoms with E-state index in [0.717, 1.165) is 6.42 Å². The molecule has 0 heterocycles. The van der Waals surface area contributed by atoms with Crippen molar-refractivity contribution in [1.29, 1.82) is 0 Å². The van der Waals surface area contributed by atoms with Gasteiger partial charge in [0.05, 0.1) is 12.6 Å². The number of hydrogen-bond donors (Lipinski definition) is 3. The van der Waals surface area contributed by atoms with E-state index in [1.807, 2.05) is 0 Å². The second-order valence-electron chi connectivity index (χ2n) is 4.70. The zero-order valence-electron chi connectivity index (χ0n) is 12.6. The fraction of sp³-hybridized carbons (Fsp3) is 0.909. The predicted molar refractivity (Wildman–Crippen MR) is 87.7 cm³/mol. The van der Waals surface area contributed by atoms with Gasteiger partial charge >= 0.3 is 6.72 Å². The van der Waals surface area contributed by atoms with Crippen LogP contribution in [0.25, 0.3) is 0 Å². The maximum absolute atomic E-state index is 9.92. The zero-order valence-corrected chi connectivity index (χ0v) is 15.1. The Morgan fingerprint density at radius 1 is 1.33 bits per heavy atom. The highest BCUT2D eigenvalue weighted by Gasteiger charge is 2.47. The van der Waals surface area contributed by atoms with Crippen LogP contribution >= 0.6 is 18.9 Å². The van der Waals surface area contributed by atoms with Crippen LogP contribution in [0.4, 0.5) is 0 Å². The van der Waals surface area contributed by atoms with Crippen molar-refractivity contribution in [3.63, 3.8) is 0 Å². The highest BCUT2D eigenvalue weighted by Crippen LogP contribution is 2.48. The van der Waals surface area contributed by atoms with Crippen molar-refractivity contribution in [3.8, 4) is 0 Å². The van der Waals surface area contributed by atoms with Crippen LogP contribution in [0.3, 0.4) is 0 Å². The van der Waals surface area contributed by atoms with Crippen LogP contribution in [0.5, 0.6) is 0 Å². The SMILES string of the molecule is CNC(=S)N[C@H]1C[C@H](COC)C(OP(O)(=S)OC)[C@@H]1OC. The third-order valence-electron chi connectivity index (χ3n) is 3.42. The summed E-state index contributed by atoms with van der Waals surface area (Å²) in [6, 6.07) is -0.0630. The molecular formula is C11H23N2O5PS2. The molecule has 7 nitrogen and oxygen atoms in total. The monoisotopic (exact) mass is 358 g/mol. The molecule has 0 aromatic heterocycles. The standard InChI is InChI=1S/C11H23N2O5PS2/c1-12-11(20)13-8-5-7(6-15-2)9(10(8)16-3)18-19(14,21)17-4/h7-10H,5-6H2,1-4H3,(H,14,21)(H2,12,13,20)/t7-,8+,9?,10-,19?/m1/s1. The predicted octanol–water partition coefficient (Wildman–Crippen LogP) is 0.379. The third kappa shape index (κ3) is 5.37. The summed E-state index contributed by atoms with van der Waals surface area (Å²) in [6.45, 7) is -2.81. The smallest absolute Gasteiger partial charge is 0.324 e. The van der Waals surface area contributed by atoms with E-state index in [4.69, 9.17) is 42.5 Å². The molecule has 10 heteroatoms. The molecule has 1 aliphatic rings. The Morgan fingerprint density at radius 2 is 2.00 bits per heavy atom. The zero-order chi connectivity index (χ0) is 16.0. The highest BCUT2D eigenvalue weighted by molar-refractivity contribution is 8.07. The van der Waals surface area contributed by atoms with Crippen molar-refractivity contribution < 1.29 is 23.4 Å². The molecule has 3 N–H and O–H groups in total. The second kappa shape index (κ2) is 8.69. The van der Waals surface area contributed by atoms with Gasteiger partial charge in [-0.15, -0.1) is 0 Å². The van der Waals surface area contributed by atoms with Gasteiger partial charge in [0.25, 0.3) is 0 Å². The van der Waals surface area contributed by atoms with Crippen molar-refractivity contribution in [3.05, 3.63) is 0 Å². The van der Waals surface area contributed by atoms with Crippen LogP contribution in [0.2, 0.25) is 0 Å². The molecule has 1 rings (SSSR count). The fourth-order valence-electron chi connectivity index (χ4n) is 2.49. The van der Waals surface area contributed by atoms with Gasteiger partial charge in [-0.1, -0.05) is 0 Å². The number of thiocarbonyl (C=S) groups is 1. The summed E-state index contributed by atoms with van der Waals surface area (Å²) in [5, 5.41) is 6.55. The molecule has 0 bridgehead atoms. The average Bonchev–Trinajstić information content (AvgIpc) is 2.75. The van der Waals surface area contributed by atoms with E-state index >= 15 is 0 Å². The number of rotatable bonds is 7. The maximum Gasteiger partial charge on any atom is 0.324 e. The summed E-state index contributed by atoms with van der Waals surface area (Å²) >= 11 is 10.1. The minimum absolute atomic E-state index is 0.0155. The summed E-state index contributed by atoms with van der Waals surface area (Å²) < 4.78 is 21.2. The van der Waals surface area contributed by atoms with Gasteiger partial charge in [0.15, 0.2) is 5.11 Å². The Morgan fingerprint density at radius 3 is 2.48 bits per heavy atom. The molecular weight excluding hydrogens is 335 g/mol. The normalized spacial score (nSPS) is 31.7. The van der Waals surface area contributed by atoms with E-state index in [1.54, 1.807) is 21.3 Å². The summed E-state index contributed by atoms with van der Waals surface area (Å²) in [5.41, 5.74) is 0. The Bertz CT molecular complexity index is 401. The topological polar surface area (TPSA) is 81.2 Å². The highest BCUT2D eigenvalue weighted by atomic mass is 32.5. The Labute approximate surface area is 135 Å². The number of nitrogens with one attached hydrogen (secondary N) is 2. The van der Waals surface area contributed by atoms with Gasteiger partial charge in [-0.3, -0.25) is 0 Å². The summed E-state index contributed by atoms with van der Waals surface area (Å²) in [7, 11) is 6.27. The maximum atomic E-state index is 9.92. The Balaban J connectivity index is 2.88. The molecule has 124 valence electrons. The van der Waals surface area contributed by atoms with Gasteiger partial charge < -0.3 is 34.0 Å². The van der Waals surface area contributed by atoms with Gasteiger partial charge in [-0.2, -0.15) is 0 Å². The minimum Gasteiger partial charge on any atom is -0.384 e. The fourth-order valence-corrected chi connectivity index (χ4v) is 3.63. The molecule has 0 saturated heterocycles. The van der Waals surface area contributed by atoms with Crippen molar-refractivity contribution >= 4 is 35.9 Å². The number of hydrogen-bond acceptors (Lipinski definition) is 6. The molecule has 0 spiro atoms. The third-order valence-corrected chi connectivity index (χ3v) is 5.42. The van der Waals surface area contributed by atoms with E-state index < -0.39 is 12.8 Å². The average molecular weight is 358 g/mol. The Hall–Kier alpha value is 0.140. The molecule has 21 heavy (non-hydrogen) atoms. The number of ether oxygens (including phenoxy) is 2. The van der Waals surface area contributed by atoms with Crippen LogP contribution in [0.15, 0.2) is 0 Å². The molecule has 1 aliphatic carbocycles. The van der Waals surface area contributed by atoms with Crippen LogP contribution < -0.4 is 10.6 Å². The largest absolute Gasteiger partial charge is 0.384 e. The van der Waals surface area contributed by atoms with E-state index in [0.29, 0.717) is 11.7 Å². The first kappa shape index (κ1) is 19.2.